The minimum atomic E-state index is -0.0814. The lowest BCUT2D eigenvalue weighted by molar-refractivity contribution is 0.100. The molecule has 1 heterocycles. The van der Waals surface area contributed by atoms with Gasteiger partial charge in [0.15, 0.2) is 5.78 Å². The summed E-state index contributed by atoms with van der Waals surface area (Å²) in [6.45, 7) is 1.47. The van der Waals surface area contributed by atoms with Gasteiger partial charge in [-0.2, -0.15) is 0 Å². The number of ketones is 1. The van der Waals surface area contributed by atoms with Crippen molar-refractivity contribution in [1.29, 1.82) is 0 Å². The van der Waals surface area contributed by atoms with Crippen LogP contribution in [0.1, 0.15) is 28.7 Å². The number of halogens is 1. The minimum absolute atomic E-state index is 0.0814. The molecular formula is C12H10BrNO2. The van der Waals surface area contributed by atoms with Crippen LogP contribution >= 0.6 is 15.9 Å². The fourth-order valence-electron chi connectivity index (χ4n) is 1.39. The number of benzene rings is 1. The average Bonchev–Trinajstić information content (AvgIpc) is 2.70. The van der Waals surface area contributed by atoms with Gasteiger partial charge in [-0.15, -0.1) is 0 Å². The molecule has 16 heavy (non-hydrogen) atoms. The van der Waals surface area contributed by atoms with Gasteiger partial charge in [0.2, 0.25) is 0 Å². The van der Waals surface area contributed by atoms with Crippen molar-refractivity contribution in [2.24, 2.45) is 0 Å². The second-order valence-electron chi connectivity index (χ2n) is 3.50. The zero-order valence-corrected chi connectivity index (χ0v) is 10.3. The first-order valence-corrected chi connectivity index (χ1v) is 5.66. The second kappa shape index (κ2) is 4.61. The number of Topliss-reactive ketones (excluding diaryl/α,β-unsaturated/α-hetero) is 1. The summed E-state index contributed by atoms with van der Waals surface area (Å²) in [6, 6.07) is 9.57. The van der Waals surface area contributed by atoms with Crippen LogP contribution in [0, 0.1) is 0 Å². The summed E-state index contributed by atoms with van der Waals surface area (Å²) in [5.74, 6) is 0.610. The predicted octanol–water partition coefficient (Wildman–Crippen LogP) is 3.23. The third-order valence-corrected chi connectivity index (χ3v) is 3.02. The summed E-state index contributed by atoms with van der Waals surface area (Å²) < 4.78 is 6.12. The SMILES string of the molecule is CC(=O)c1cc(Cc2ccccc2Br)on1. The second-order valence-corrected chi connectivity index (χ2v) is 4.36. The largest absolute Gasteiger partial charge is 0.360 e. The van der Waals surface area contributed by atoms with Gasteiger partial charge in [-0.25, -0.2) is 0 Å². The first kappa shape index (κ1) is 11.1. The van der Waals surface area contributed by atoms with Crippen LogP contribution in [0.15, 0.2) is 39.3 Å². The van der Waals surface area contributed by atoms with Gasteiger partial charge in [0, 0.05) is 23.9 Å². The van der Waals surface area contributed by atoms with Gasteiger partial charge in [0.1, 0.15) is 11.5 Å². The third kappa shape index (κ3) is 2.39. The van der Waals surface area contributed by atoms with Gasteiger partial charge in [0.25, 0.3) is 0 Å². The lowest BCUT2D eigenvalue weighted by Crippen LogP contribution is -1.90. The number of nitrogens with zero attached hydrogens (tertiary/aromatic N) is 1. The third-order valence-electron chi connectivity index (χ3n) is 2.24. The Bertz CT molecular complexity index is 519. The van der Waals surface area contributed by atoms with Crippen molar-refractivity contribution in [2.45, 2.75) is 13.3 Å². The topological polar surface area (TPSA) is 43.1 Å². The number of hydrogen-bond donors (Lipinski definition) is 0. The van der Waals surface area contributed by atoms with E-state index in [-0.39, 0.29) is 5.78 Å². The first-order valence-electron chi connectivity index (χ1n) is 4.87. The van der Waals surface area contributed by atoms with E-state index in [0.717, 1.165) is 10.0 Å². The molecule has 0 spiro atoms. The van der Waals surface area contributed by atoms with Crippen molar-refractivity contribution in [3.05, 3.63) is 51.8 Å². The van der Waals surface area contributed by atoms with E-state index >= 15 is 0 Å². The van der Waals surface area contributed by atoms with Gasteiger partial charge in [-0.05, 0) is 11.6 Å². The van der Waals surface area contributed by atoms with Gasteiger partial charge < -0.3 is 4.52 Å². The van der Waals surface area contributed by atoms with E-state index in [2.05, 4.69) is 21.1 Å². The molecule has 0 aliphatic rings. The Morgan fingerprint density at radius 3 is 2.81 bits per heavy atom. The Morgan fingerprint density at radius 1 is 1.44 bits per heavy atom. The molecule has 4 heteroatoms. The van der Waals surface area contributed by atoms with E-state index in [1.807, 2.05) is 24.3 Å². The molecule has 0 saturated carbocycles. The lowest BCUT2D eigenvalue weighted by Gasteiger charge is -1.99. The monoisotopic (exact) mass is 279 g/mol. The fourth-order valence-corrected chi connectivity index (χ4v) is 1.82. The molecule has 0 radical (unpaired) electrons. The Morgan fingerprint density at radius 2 is 2.19 bits per heavy atom. The van der Waals surface area contributed by atoms with Crippen LogP contribution in [0.25, 0.3) is 0 Å². The van der Waals surface area contributed by atoms with Crippen molar-refractivity contribution >= 4 is 21.7 Å². The molecule has 0 unspecified atom stereocenters. The normalized spacial score (nSPS) is 10.4. The van der Waals surface area contributed by atoms with Gasteiger partial charge in [-0.3, -0.25) is 4.79 Å². The Balaban J connectivity index is 2.21. The zero-order valence-electron chi connectivity index (χ0n) is 8.74. The summed E-state index contributed by atoms with van der Waals surface area (Å²) in [7, 11) is 0. The molecule has 0 aliphatic carbocycles. The first-order chi connectivity index (χ1) is 7.66. The van der Waals surface area contributed by atoms with E-state index < -0.39 is 0 Å². The molecule has 2 rings (SSSR count). The molecule has 0 fully saturated rings. The predicted molar refractivity (Wildman–Crippen MR) is 63.5 cm³/mol. The number of rotatable bonds is 3. The molecule has 3 nitrogen and oxygen atoms in total. The Labute approximate surface area is 102 Å². The zero-order chi connectivity index (χ0) is 11.5. The van der Waals surface area contributed by atoms with Crippen molar-refractivity contribution in [2.75, 3.05) is 0 Å². The van der Waals surface area contributed by atoms with Crippen molar-refractivity contribution in [1.82, 2.24) is 5.16 Å². The lowest BCUT2D eigenvalue weighted by atomic mass is 10.1. The summed E-state index contributed by atoms with van der Waals surface area (Å²) >= 11 is 3.46. The summed E-state index contributed by atoms with van der Waals surface area (Å²) in [6.07, 6.45) is 0.627. The highest BCUT2D eigenvalue weighted by Gasteiger charge is 2.09. The Hall–Kier alpha value is -1.42. The molecule has 0 N–H and O–H groups in total. The fraction of sp³-hybridized carbons (Fsp3) is 0.167. The summed E-state index contributed by atoms with van der Waals surface area (Å²) in [4.78, 5) is 11.0. The van der Waals surface area contributed by atoms with E-state index in [1.54, 1.807) is 6.07 Å². The van der Waals surface area contributed by atoms with Gasteiger partial charge in [0.05, 0.1) is 0 Å². The van der Waals surface area contributed by atoms with E-state index in [9.17, 15) is 4.79 Å². The minimum Gasteiger partial charge on any atom is -0.360 e. The van der Waals surface area contributed by atoms with Crippen LogP contribution in [-0.4, -0.2) is 10.9 Å². The summed E-state index contributed by atoms with van der Waals surface area (Å²) in [5, 5.41) is 3.70. The van der Waals surface area contributed by atoms with Crippen molar-refractivity contribution in [3.8, 4) is 0 Å². The van der Waals surface area contributed by atoms with Crippen LogP contribution in [0.2, 0.25) is 0 Å². The standard InChI is InChI=1S/C12H10BrNO2/c1-8(15)12-7-10(16-14-12)6-9-4-2-3-5-11(9)13/h2-5,7H,6H2,1H3. The number of aromatic nitrogens is 1. The number of carbonyl (C=O) groups is 1. The molecule has 0 amide bonds. The van der Waals surface area contributed by atoms with Gasteiger partial charge in [-0.1, -0.05) is 39.3 Å². The molecule has 0 aliphatic heterocycles. The maximum absolute atomic E-state index is 11.0. The molecule has 0 bridgehead atoms. The maximum Gasteiger partial charge on any atom is 0.181 e. The van der Waals surface area contributed by atoms with Crippen LogP contribution in [-0.2, 0) is 6.42 Å². The highest BCUT2D eigenvalue weighted by atomic mass is 79.9. The smallest absolute Gasteiger partial charge is 0.181 e. The number of carbonyl (C=O) groups excluding carboxylic acids is 1. The van der Waals surface area contributed by atoms with Crippen LogP contribution in [0.4, 0.5) is 0 Å². The van der Waals surface area contributed by atoms with Crippen LogP contribution in [0.5, 0.6) is 0 Å². The molecule has 1 aromatic heterocycles. The van der Waals surface area contributed by atoms with Crippen molar-refractivity contribution < 1.29 is 9.32 Å². The highest BCUT2D eigenvalue weighted by Crippen LogP contribution is 2.19. The number of hydrogen-bond acceptors (Lipinski definition) is 3. The Kier molecular flexibility index (Phi) is 3.19. The van der Waals surface area contributed by atoms with Crippen LogP contribution in [0.3, 0.4) is 0 Å². The average molecular weight is 280 g/mol. The quantitative estimate of drug-likeness (QED) is 0.811. The summed E-state index contributed by atoms with van der Waals surface area (Å²) in [5.41, 5.74) is 1.48. The van der Waals surface area contributed by atoms with Gasteiger partial charge >= 0.3 is 0 Å². The van der Waals surface area contributed by atoms with E-state index in [4.69, 9.17) is 4.52 Å². The molecular weight excluding hydrogens is 270 g/mol. The molecule has 0 atom stereocenters. The molecule has 1 aromatic carbocycles. The molecule has 0 saturated heterocycles. The molecule has 82 valence electrons. The van der Waals surface area contributed by atoms with E-state index in [1.165, 1.54) is 6.92 Å². The van der Waals surface area contributed by atoms with Crippen molar-refractivity contribution in [3.63, 3.8) is 0 Å². The highest BCUT2D eigenvalue weighted by molar-refractivity contribution is 9.10. The van der Waals surface area contributed by atoms with Crippen LogP contribution < -0.4 is 0 Å². The van der Waals surface area contributed by atoms with E-state index in [0.29, 0.717) is 17.9 Å². The molecule has 2 aromatic rings. The maximum atomic E-state index is 11.0.